The molecule has 2 aromatic rings. The van der Waals surface area contributed by atoms with Crippen LogP contribution in [0.2, 0.25) is 0 Å². The van der Waals surface area contributed by atoms with Gasteiger partial charge in [0.1, 0.15) is 3.70 Å². The maximum absolute atomic E-state index is 12.4. The molecule has 3 nitrogen and oxygen atoms in total. The van der Waals surface area contributed by atoms with Gasteiger partial charge < -0.3 is 0 Å². The van der Waals surface area contributed by atoms with Gasteiger partial charge in [-0.15, -0.1) is 0 Å². The number of halogens is 4. The van der Waals surface area contributed by atoms with Gasteiger partial charge in [0.25, 0.3) is 0 Å². The third-order valence-corrected chi connectivity index (χ3v) is 2.45. The summed E-state index contributed by atoms with van der Waals surface area (Å²) in [7, 11) is 0. The predicted molar refractivity (Wildman–Crippen MR) is 50.7 cm³/mol. The Bertz CT molecular complexity index is 476. The van der Waals surface area contributed by atoms with E-state index in [0.29, 0.717) is 9.22 Å². The molecule has 0 amide bonds. The third-order valence-electron chi connectivity index (χ3n) is 1.66. The molecule has 0 aliphatic rings. The van der Waals surface area contributed by atoms with Gasteiger partial charge in [-0.2, -0.15) is 13.2 Å². The Balaban J connectivity index is 2.80. The summed E-state index contributed by atoms with van der Waals surface area (Å²) in [4.78, 5) is 7.18. The monoisotopic (exact) mass is 313 g/mol. The molecule has 0 unspecified atom stereocenters. The van der Waals surface area contributed by atoms with Crippen molar-refractivity contribution in [1.82, 2.24) is 14.4 Å². The van der Waals surface area contributed by atoms with Crippen LogP contribution < -0.4 is 0 Å². The van der Waals surface area contributed by atoms with Crippen LogP contribution in [0.3, 0.4) is 0 Å². The minimum Gasteiger partial charge on any atom is -0.292 e. The molecule has 2 heterocycles. The molecule has 0 saturated carbocycles. The molecule has 0 N–H and O–H groups in total. The lowest BCUT2D eigenvalue weighted by molar-refractivity contribution is -0.145. The first kappa shape index (κ1) is 9.69. The van der Waals surface area contributed by atoms with E-state index >= 15 is 0 Å². The van der Waals surface area contributed by atoms with Crippen molar-refractivity contribution in [1.29, 1.82) is 0 Å². The first-order valence-electron chi connectivity index (χ1n) is 3.55. The van der Waals surface area contributed by atoms with Gasteiger partial charge in [0.05, 0.1) is 11.7 Å². The van der Waals surface area contributed by atoms with Crippen LogP contribution in [-0.4, -0.2) is 14.4 Å². The molecule has 0 radical (unpaired) electrons. The molecule has 0 spiro atoms. The van der Waals surface area contributed by atoms with Crippen molar-refractivity contribution in [2.24, 2.45) is 0 Å². The van der Waals surface area contributed by atoms with Gasteiger partial charge in [0, 0.05) is 12.4 Å². The lowest BCUT2D eigenvalue weighted by atomic mass is 10.5. The van der Waals surface area contributed by atoms with E-state index < -0.39 is 12.0 Å². The van der Waals surface area contributed by atoms with Gasteiger partial charge in [-0.1, -0.05) is 0 Å². The highest BCUT2D eigenvalue weighted by molar-refractivity contribution is 14.1. The van der Waals surface area contributed by atoms with Crippen LogP contribution >= 0.6 is 22.6 Å². The predicted octanol–water partition coefficient (Wildman–Crippen LogP) is 2.35. The Labute approximate surface area is 90.1 Å². The van der Waals surface area contributed by atoms with Gasteiger partial charge in [-0.25, -0.2) is 4.98 Å². The van der Waals surface area contributed by atoms with Gasteiger partial charge in [-0.05, 0) is 22.6 Å². The van der Waals surface area contributed by atoms with Crippen LogP contribution in [0.25, 0.3) is 5.52 Å². The van der Waals surface area contributed by atoms with E-state index in [1.54, 1.807) is 22.6 Å². The zero-order chi connectivity index (χ0) is 10.3. The Morgan fingerprint density at radius 2 is 2.07 bits per heavy atom. The SMILES string of the molecule is FC(F)(F)c1nc(I)c2cnccn12. The Hall–Kier alpha value is -0.860. The van der Waals surface area contributed by atoms with Crippen molar-refractivity contribution in [3.8, 4) is 0 Å². The van der Waals surface area contributed by atoms with Gasteiger partial charge in [0.15, 0.2) is 0 Å². The highest BCUT2D eigenvalue weighted by atomic mass is 127. The quantitative estimate of drug-likeness (QED) is 0.699. The normalized spacial score (nSPS) is 12.3. The molecular formula is C7H3F3IN3. The van der Waals surface area contributed by atoms with Crippen LogP contribution in [-0.2, 0) is 6.18 Å². The van der Waals surface area contributed by atoms with E-state index in [2.05, 4.69) is 9.97 Å². The lowest BCUT2D eigenvalue weighted by Gasteiger charge is -2.03. The molecule has 0 bridgehead atoms. The van der Waals surface area contributed by atoms with Gasteiger partial charge >= 0.3 is 6.18 Å². The second kappa shape index (κ2) is 3.07. The number of nitrogens with zero attached hydrogens (tertiary/aromatic N) is 3. The van der Waals surface area contributed by atoms with Gasteiger partial charge in [0.2, 0.25) is 5.82 Å². The summed E-state index contributed by atoms with van der Waals surface area (Å²) >= 11 is 1.75. The Morgan fingerprint density at radius 1 is 1.36 bits per heavy atom. The summed E-state index contributed by atoms with van der Waals surface area (Å²) in [5.41, 5.74) is 0.362. The van der Waals surface area contributed by atoms with Crippen LogP contribution in [0, 0.1) is 3.70 Å². The number of alkyl halides is 3. The van der Waals surface area contributed by atoms with Crippen LogP contribution in [0.1, 0.15) is 5.82 Å². The van der Waals surface area contributed by atoms with E-state index in [4.69, 9.17) is 0 Å². The largest absolute Gasteiger partial charge is 0.450 e. The lowest BCUT2D eigenvalue weighted by Crippen LogP contribution is -2.10. The summed E-state index contributed by atoms with van der Waals surface area (Å²) in [6.45, 7) is 0. The van der Waals surface area contributed by atoms with E-state index in [0.717, 1.165) is 4.40 Å². The highest BCUT2D eigenvalue weighted by Gasteiger charge is 2.36. The molecule has 0 saturated heterocycles. The molecule has 14 heavy (non-hydrogen) atoms. The summed E-state index contributed by atoms with van der Waals surface area (Å²) in [6, 6.07) is 0. The van der Waals surface area contributed by atoms with Crippen molar-refractivity contribution < 1.29 is 13.2 Å². The van der Waals surface area contributed by atoms with Crippen molar-refractivity contribution in [2.45, 2.75) is 6.18 Å². The third kappa shape index (κ3) is 1.45. The fourth-order valence-electron chi connectivity index (χ4n) is 1.10. The number of imidazole rings is 1. The standard InChI is InChI=1S/C7H3F3IN3/c8-7(9,10)6-13-5(11)4-3-12-1-2-14(4)6/h1-3H. The summed E-state index contributed by atoms with van der Waals surface area (Å²) in [5.74, 6) is -0.917. The Morgan fingerprint density at radius 3 is 2.71 bits per heavy atom. The molecule has 0 fully saturated rings. The minimum absolute atomic E-state index is 0.294. The first-order valence-corrected chi connectivity index (χ1v) is 4.63. The average molecular weight is 313 g/mol. The van der Waals surface area contributed by atoms with Crippen LogP contribution in [0.4, 0.5) is 13.2 Å². The average Bonchev–Trinajstić information content (AvgIpc) is 2.44. The Kier molecular flexibility index (Phi) is 2.13. The zero-order valence-corrected chi connectivity index (χ0v) is 8.74. The van der Waals surface area contributed by atoms with Gasteiger partial charge in [-0.3, -0.25) is 9.38 Å². The second-order valence-electron chi connectivity index (χ2n) is 2.56. The van der Waals surface area contributed by atoms with Crippen molar-refractivity contribution in [3.63, 3.8) is 0 Å². The molecule has 74 valence electrons. The molecule has 0 aromatic carbocycles. The van der Waals surface area contributed by atoms with Crippen LogP contribution in [0.5, 0.6) is 0 Å². The second-order valence-corrected chi connectivity index (χ2v) is 3.58. The zero-order valence-electron chi connectivity index (χ0n) is 6.59. The summed E-state index contributed by atoms with van der Waals surface area (Å²) in [5, 5.41) is 0. The van der Waals surface area contributed by atoms with E-state index in [9.17, 15) is 13.2 Å². The first-order chi connectivity index (χ1) is 6.50. The van der Waals surface area contributed by atoms with E-state index in [-0.39, 0.29) is 0 Å². The highest BCUT2D eigenvalue weighted by Crippen LogP contribution is 2.30. The number of fused-ring (bicyclic) bond motifs is 1. The molecular weight excluding hydrogens is 310 g/mol. The fourth-order valence-corrected chi connectivity index (χ4v) is 1.73. The molecule has 7 heteroatoms. The number of rotatable bonds is 0. The van der Waals surface area contributed by atoms with E-state index in [1.165, 1.54) is 18.6 Å². The summed E-state index contributed by atoms with van der Waals surface area (Å²) in [6.07, 6.45) is -0.551. The number of hydrogen-bond donors (Lipinski definition) is 0. The topological polar surface area (TPSA) is 30.2 Å². The molecule has 0 aliphatic carbocycles. The maximum Gasteiger partial charge on any atom is 0.450 e. The summed E-state index contributed by atoms with van der Waals surface area (Å²) < 4.78 is 38.5. The number of hydrogen-bond acceptors (Lipinski definition) is 2. The molecule has 0 aliphatic heterocycles. The van der Waals surface area contributed by atoms with Crippen molar-refractivity contribution in [3.05, 3.63) is 28.1 Å². The maximum atomic E-state index is 12.4. The molecule has 0 atom stereocenters. The van der Waals surface area contributed by atoms with Crippen molar-refractivity contribution >= 4 is 28.1 Å². The minimum atomic E-state index is -4.44. The molecule has 2 rings (SSSR count). The van der Waals surface area contributed by atoms with Crippen molar-refractivity contribution in [2.75, 3.05) is 0 Å². The smallest absolute Gasteiger partial charge is 0.292 e. The number of aromatic nitrogens is 3. The van der Waals surface area contributed by atoms with E-state index in [1.807, 2.05) is 0 Å². The fraction of sp³-hybridized carbons (Fsp3) is 0.143. The molecule has 2 aromatic heterocycles. The van der Waals surface area contributed by atoms with Crippen LogP contribution in [0.15, 0.2) is 18.6 Å².